The first kappa shape index (κ1) is 11.8. The number of amidine groups is 1. The van der Waals surface area contributed by atoms with Gasteiger partial charge in [-0.25, -0.2) is 0 Å². The molecule has 0 bridgehead atoms. The number of hydrogen-bond donors (Lipinski definition) is 2. The van der Waals surface area contributed by atoms with Crippen LogP contribution in [-0.2, 0) is 0 Å². The lowest BCUT2D eigenvalue weighted by atomic mass is 9.98. The van der Waals surface area contributed by atoms with Crippen LogP contribution in [0.3, 0.4) is 0 Å². The van der Waals surface area contributed by atoms with Crippen LogP contribution in [0.25, 0.3) is 0 Å². The van der Waals surface area contributed by atoms with Crippen LogP contribution in [0.1, 0.15) is 23.6 Å². The Kier molecular flexibility index (Phi) is 3.19. The largest absolute Gasteiger partial charge is 0.385 e. The Morgan fingerprint density at radius 3 is 2.63 bits per heavy atom. The monoisotopic (exact) mass is 251 g/mol. The number of nitrogens with one attached hydrogen (secondary N) is 1. The van der Waals surface area contributed by atoms with Crippen molar-refractivity contribution in [2.75, 3.05) is 11.9 Å². The van der Waals surface area contributed by atoms with E-state index in [9.17, 15) is 0 Å². The van der Waals surface area contributed by atoms with Crippen molar-refractivity contribution in [2.24, 2.45) is 10.7 Å². The number of nitrogens with two attached hydrogens (primary N) is 1. The van der Waals surface area contributed by atoms with Crippen molar-refractivity contribution in [3.05, 3.63) is 65.7 Å². The molecule has 0 saturated carbocycles. The van der Waals surface area contributed by atoms with Gasteiger partial charge in [0.15, 0.2) is 0 Å². The molecule has 0 aromatic heterocycles. The van der Waals surface area contributed by atoms with Crippen molar-refractivity contribution in [1.29, 1.82) is 0 Å². The fourth-order valence-corrected chi connectivity index (χ4v) is 2.43. The molecular formula is C16H17N3. The maximum Gasteiger partial charge on any atom is 0.126 e. The third-order valence-electron chi connectivity index (χ3n) is 3.42. The lowest BCUT2D eigenvalue weighted by Crippen LogP contribution is -2.20. The van der Waals surface area contributed by atoms with E-state index >= 15 is 0 Å². The molecule has 1 heterocycles. The normalized spacial score (nSPS) is 18.5. The van der Waals surface area contributed by atoms with Gasteiger partial charge in [0.1, 0.15) is 5.84 Å². The Labute approximate surface area is 113 Å². The number of hydrogen-bond acceptors (Lipinski definition) is 2. The molecule has 1 aliphatic rings. The lowest BCUT2D eigenvalue weighted by molar-refractivity contribution is 0.657. The zero-order valence-corrected chi connectivity index (χ0v) is 10.7. The second-order valence-corrected chi connectivity index (χ2v) is 4.70. The lowest BCUT2D eigenvalue weighted by Gasteiger charge is -2.24. The number of para-hydroxylation sites is 1. The molecule has 2 aromatic carbocycles. The molecule has 0 aliphatic carbocycles. The van der Waals surface area contributed by atoms with Crippen molar-refractivity contribution in [2.45, 2.75) is 12.5 Å². The van der Waals surface area contributed by atoms with Crippen LogP contribution in [0.15, 0.2) is 59.6 Å². The highest BCUT2D eigenvalue weighted by atomic mass is 15.0. The van der Waals surface area contributed by atoms with E-state index in [1.807, 2.05) is 42.5 Å². The summed E-state index contributed by atoms with van der Waals surface area (Å²) in [5.74, 6) is 0.613. The van der Waals surface area contributed by atoms with Gasteiger partial charge in [0.05, 0.1) is 6.04 Å². The van der Waals surface area contributed by atoms with Crippen LogP contribution in [0.5, 0.6) is 0 Å². The third-order valence-corrected chi connectivity index (χ3v) is 3.42. The molecule has 96 valence electrons. The highest BCUT2D eigenvalue weighted by molar-refractivity contribution is 5.97. The van der Waals surface area contributed by atoms with Gasteiger partial charge < -0.3 is 11.1 Å². The number of fused-ring (bicyclic) bond motifs is 1. The molecule has 0 fully saturated rings. The summed E-state index contributed by atoms with van der Waals surface area (Å²) in [7, 11) is 0. The zero-order valence-electron chi connectivity index (χ0n) is 10.7. The van der Waals surface area contributed by atoms with E-state index in [0.717, 1.165) is 18.5 Å². The number of benzene rings is 2. The van der Waals surface area contributed by atoms with Crippen molar-refractivity contribution in [3.8, 4) is 0 Å². The zero-order chi connectivity index (χ0) is 13.1. The Balaban J connectivity index is 1.92. The predicted octanol–water partition coefficient (Wildman–Crippen LogP) is 2.95. The van der Waals surface area contributed by atoms with E-state index in [4.69, 9.17) is 10.7 Å². The molecule has 0 spiro atoms. The Morgan fingerprint density at radius 1 is 1.05 bits per heavy atom. The quantitative estimate of drug-likeness (QED) is 0.637. The first-order valence-corrected chi connectivity index (χ1v) is 6.56. The molecule has 1 atom stereocenters. The van der Waals surface area contributed by atoms with Crippen molar-refractivity contribution < 1.29 is 0 Å². The predicted molar refractivity (Wildman–Crippen MR) is 79.5 cm³/mol. The Morgan fingerprint density at radius 2 is 1.79 bits per heavy atom. The van der Waals surface area contributed by atoms with E-state index in [-0.39, 0.29) is 6.04 Å². The van der Waals surface area contributed by atoms with Gasteiger partial charge in [-0.2, -0.15) is 0 Å². The Hall–Kier alpha value is -2.29. The molecule has 3 N–H and O–H groups in total. The minimum atomic E-state index is 0.151. The first-order valence-electron chi connectivity index (χ1n) is 6.56. The van der Waals surface area contributed by atoms with Crippen LogP contribution in [0, 0.1) is 0 Å². The molecule has 0 saturated heterocycles. The van der Waals surface area contributed by atoms with Crippen molar-refractivity contribution >= 4 is 11.5 Å². The van der Waals surface area contributed by atoms with Gasteiger partial charge in [-0.05, 0) is 18.1 Å². The van der Waals surface area contributed by atoms with Gasteiger partial charge in [0.2, 0.25) is 0 Å². The molecule has 0 amide bonds. The fourth-order valence-electron chi connectivity index (χ4n) is 2.43. The minimum absolute atomic E-state index is 0.151. The first-order chi connectivity index (χ1) is 9.34. The number of aliphatic imine (C=N–C) groups is 1. The average molecular weight is 251 g/mol. The molecule has 3 nitrogen and oxygen atoms in total. The summed E-state index contributed by atoms with van der Waals surface area (Å²) in [6.07, 6.45) is 0.977. The smallest absolute Gasteiger partial charge is 0.126 e. The summed E-state index contributed by atoms with van der Waals surface area (Å²) < 4.78 is 0. The van der Waals surface area contributed by atoms with E-state index in [1.165, 1.54) is 11.3 Å². The standard InChI is InChI=1S/C16H17N3/c17-16(12-6-2-1-3-7-12)19-15-10-11-18-14-9-5-4-8-13(14)15/h1-9,15,18H,10-11H2,(H2,17,19). The van der Waals surface area contributed by atoms with Gasteiger partial charge >= 0.3 is 0 Å². The highest BCUT2D eigenvalue weighted by Crippen LogP contribution is 2.32. The SMILES string of the molecule is NC(=NC1CCNc2ccccc21)c1ccccc1. The highest BCUT2D eigenvalue weighted by Gasteiger charge is 2.18. The Bertz CT molecular complexity index is 590. The van der Waals surface area contributed by atoms with Gasteiger partial charge in [-0.3, -0.25) is 4.99 Å². The van der Waals surface area contributed by atoms with Crippen molar-refractivity contribution in [3.63, 3.8) is 0 Å². The fraction of sp³-hybridized carbons (Fsp3) is 0.188. The molecule has 3 heteroatoms. The molecule has 1 unspecified atom stereocenters. The maximum absolute atomic E-state index is 6.11. The van der Waals surface area contributed by atoms with Crippen LogP contribution in [-0.4, -0.2) is 12.4 Å². The van der Waals surface area contributed by atoms with E-state index < -0.39 is 0 Å². The van der Waals surface area contributed by atoms with Crippen LogP contribution in [0.2, 0.25) is 0 Å². The summed E-state index contributed by atoms with van der Waals surface area (Å²) in [4.78, 5) is 4.70. The van der Waals surface area contributed by atoms with Crippen LogP contribution in [0.4, 0.5) is 5.69 Å². The molecular weight excluding hydrogens is 234 g/mol. The van der Waals surface area contributed by atoms with Gasteiger partial charge in [0, 0.05) is 17.8 Å². The summed E-state index contributed by atoms with van der Waals surface area (Å²) in [6, 6.07) is 18.4. The summed E-state index contributed by atoms with van der Waals surface area (Å²) in [5, 5.41) is 3.40. The number of anilines is 1. The third kappa shape index (κ3) is 2.45. The second-order valence-electron chi connectivity index (χ2n) is 4.70. The van der Waals surface area contributed by atoms with Crippen LogP contribution >= 0.6 is 0 Å². The van der Waals surface area contributed by atoms with Crippen molar-refractivity contribution in [1.82, 2.24) is 0 Å². The summed E-state index contributed by atoms with van der Waals surface area (Å²) in [6.45, 7) is 0.938. The topological polar surface area (TPSA) is 50.4 Å². The van der Waals surface area contributed by atoms with Gasteiger partial charge in [-0.15, -0.1) is 0 Å². The minimum Gasteiger partial charge on any atom is -0.385 e. The molecule has 3 rings (SSSR count). The van der Waals surface area contributed by atoms with E-state index in [0.29, 0.717) is 5.84 Å². The van der Waals surface area contributed by atoms with Crippen LogP contribution < -0.4 is 11.1 Å². The number of rotatable bonds is 2. The van der Waals surface area contributed by atoms with E-state index in [2.05, 4.69) is 17.4 Å². The van der Waals surface area contributed by atoms with E-state index in [1.54, 1.807) is 0 Å². The maximum atomic E-state index is 6.11. The van der Waals surface area contributed by atoms with Gasteiger partial charge in [0.25, 0.3) is 0 Å². The summed E-state index contributed by atoms with van der Waals surface area (Å²) >= 11 is 0. The summed E-state index contributed by atoms with van der Waals surface area (Å²) in [5.41, 5.74) is 9.50. The molecule has 19 heavy (non-hydrogen) atoms. The average Bonchev–Trinajstić information content (AvgIpc) is 2.48. The molecule has 1 aliphatic heterocycles. The second kappa shape index (κ2) is 5.14. The molecule has 2 aromatic rings. The molecule has 0 radical (unpaired) electrons. The van der Waals surface area contributed by atoms with Gasteiger partial charge in [-0.1, -0.05) is 48.5 Å². The number of nitrogens with zero attached hydrogens (tertiary/aromatic N) is 1.